The van der Waals surface area contributed by atoms with Crippen LogP contribution >= 0.6 is 35.0 Å². The van der Waals surface area contributed by atoms with E-state index in [1.54, 1.807) is 30.1 Å². The number of hydrogen-bond donors (Lipinski definition) is 1. The first-order chi connectivity index (χ1) is 18.5. The summed E-state index contributed by atoms with van der Waals surface area (Å²) in [4.78, 5) is 13.7. The second kappa shape index (κ2) is 13.9. The molecule has 0 atom stereocenters. The largest absolute Gasteiger partial charge is 0.490 e. The number of halogens is 2. The molecule has 4 aromatic rings. The summed E-state index contributed by atoms with van der Waals surface area (Å²) in [5.41, 5.74) is 5.95. The lowest BCUT2D eigenvalue weighted by molar-refractivity contribution is 0.0955. The Labute approximate surface area is 236 Å². The number of amides is 1. The van der Waals surface area contributed by atoms with Crippen molar-refractivity contribution < 1.29 is 14.3 Å². The SMILES string of the molecule is CCOc1cc(/C=N\NC(=O)c2ccc(CSc3ccc(Cl)cc3)cc2)ccc1OCc1cccc(Cl)c1. The van der Waals surface area contributed by atoms with Gasteiger partial charge >= 0.3 is 0 Å². The van der Waals surface area contributed by atoms with E-state index in [0.29, 0.717) is 35.3 Å². The van der Waals surface area contributed by atoms with Gasteiger partial charge in [-0.05, 0) is 90.3 Å². The van der Waals surface area contributed by atoms with Gasteiger partial charge < -0.3 is 9.47 Å². The van der Waals surface area contributed by atoms with Gasteiger partial charge in [0.1, 0.15) is 6.61 Å². The van der Waals surface area contributed by atoms with Crippen LogP contribution in [0.4, 0.5) is 0 Å². The van der Waals surface area contributed by atoms with E-state index in [9.17, 15) is 4.79 Å². The van der Waals surface area contributed by atoms with Crippen LogP contribution in [0.1, 0.15) is 34.0 Å². The highest BCUT2D eigenvalue weighted by Crippen LogP contribution is 2.29. The standard InChI is InChI=1S/C30H26Cl2N2O3S/c1-2-36-29-17-22(8-15-28(29)37-19-23-4-3-5-26(32)16-23)18-33-34-30(35)24-9-6-21(7-10-24)20-38-27-13-11-25(31)12-14-27/h3-18H,2,19-20H2,1H3,(H,34,35)/b33-18-. The maximum Gasteiger partial charge on any atom is 0.271 e. The summed E-state index contributed by atoms with van der Waals surface area (Å²) >= 11 is 13.7. The number of hydrazone groups is 1. The minimum atomic E-state index is -0.287. The molecule has 8 heteroatoms. The summed E-state index contributed by atoms with van der Waals surface area (Å²) in [6.45, 7) is 2.76. The molecule has 4 aromatic carbocycles. The monoisotopic (exact) mass is 564 g/mol. The van der Waals surface area contributed by atoms with Crippen LogP contribution in [0, 0.1) is 0 Å². The fourth-order valence-corrected chi connectivity index (χ4v) is 4.65. The molecule has 1 N–H and O–H groups in total. The van der Waals surface area contributed by atoms with Gasteiger partial charge in [-0.15, -0.1) is 11.8 Å². The van der Waals surface area contributed by atoms with Crippen molar-refractivity contribution in [1.82, 2.24) is 5.43 Å². The van der Waals surface area contributed by atoms with E-state index in [-0.39, 0.29) is 5.91 Å². The fraction of sp³-hybridized carbons (Fsp3) is 0.133. The quantitative estimate of drug-likeness (QED) is 0.114. The van der Waals surface area contributed by atoms with Crippen LogP contribution in [0.2, 0.25) is 10.0 Å². The third kappa shape index (κ3) is 8.28. The first kappa shape index (κ1) is 27.6. The van der Waals surface area contributed by atoms with Gasteiger partial charge in [0.05, 0.1) is 12.8 Å². The molecule has 4 rings (SSSR count). The molecule has 38 heavy (non-hydrogen) atoms. The number of nitrogens with one attached hydrogen (secondary N) is 1. The van der Waals surface area contributed by atoms with Crippen molar-refractivity contribution in [2.45, 2.75) is 24.2 Å². The highest BCUT2D eigenvalue weighted by atomic mass is 35.5. The second-order valence-electron chi connectivity index (χ2n) is 8.20. The number of nitrogens with zero attached hydrogens (tertiary/aromatic N) is 1. The Morgan fingerprint density at radius 1 is 0.868 bits per heavy atom. The predicted molar refractivity (Wildman–Crippen MR) is 156 cm³/mol. The Morgan fingerprint density at radius 2 is 1.66 bits per heavy atom. The Kier molecular flexibility index (Phi) is 10.1. The average Bonchev–Trinajstić information content (AvgIpc) is 2.93. The fourth-order valence-electron chi connectivity index (χ4n) is 3.46. The molecular weight excluding hydrogens is 539 g/mol. The minimum Gasteiger partial charge on any atom is -0.490 e. The van der Waals surface area contributed by atoms with Crippen LogP contribution < -0.4 is 14.9 Å². The highest BCUT2D eigenvalue weighted by Gasteiger charge is 2.08. The molecule has 0 aliphatic rings. The van der Waals surface area contributed by atoms with Crippen LogP contribution in [0.25, 0.3) is 0 Å². The number of rotatable bonds is 11. The molecule has 194 valence electrons. The number of carbonyl (C=O) groups excluding carboxylic acids is 1. The van der Waals surface area contributed by atoms with E-state index >= 15 is 0 Å². The van der Waals surface area contributed by atoms with Gasteiger partial charge in [-0.2, -0.15) is 5.10 Å². The van der Waals surface area contributed by atoms with Crippen LogP contribution in [-0.4, -0.2) is 18.7 Å². The number of carbonyl (C=O) groups is 1. The topological polar surface area (TPSA) is 59.9 Å². The van der Waals surface area contributed by atoms with E-state index < -0.39 is 0 Å². The Hall–Kier alpha value is -3.45. The number of hydrogen-bond acceptors (Lipinski definition) is 5. The van der Waals surface area contributed by atoms with Crippen molar-refractivity contribution >= 4 is 47.1 Å². The van der Waals surface area contributed by atoms with Crippen molar-refractivity contribution in [2.24, 2.45) is 5.10 Å². The number of thioether (sulfide) groups is 1. The Bertz CT molecular complexity index is 1390. The van der Waals surface area contributed by atoms with E-state index in [0.717, 1.165) is 32.4 Å². The molecule has 5 nitrogen and oxygen atoms in total. The lowest BCUT2D eigenvalue weighted by atomic mass is 10.1. The molecule has 0 fully saturated rings. The maximum atomic E-state index is 12.5. The summed E-state index contributed by atoms with van der Waals surface area (Å²) in [7, 11) is 0. The zero-order valence-electron chi connectivity index (χ0n) is 20.7. The summed E-state index contributed by atoms with van der Waals surface area (Å²) < 4.78 is 11.7. The molecule has 0 heterocycles. The summed E-state index contributed by atoms with van der Waals surface area (Å²) in [6.07, 6.45) is 1.57. The van der Waals surface area contributed by atoms with E-state index in [2.05, 4.69) is 10.5 Å². The van der Waals surface area contributed by atoms with E-state index in [1.807, 2.05) is 85.8 Å². The zero-order valence-corrected chi connectivity index (χ0v) is 23.0. The molecule has 0 aliphatic heterocycles. The van der Waals surface area contributed by atoms with Gasteiger partial charge in [-0.1, -0.05) is 47.5 Å². The highest BCUT2D eigenvalue weighted by molar-refractivity contribution is 7.98. The lowest BCUT2D eigenvalue weighted by Crippen LogP contribution is -2.17. The molecule has 0 bridgehead atoms. The molecule has 0 aliphatic carbocycles. The van der Waals surface area contributed by atoms with Gasteiger partial charge in [0.15, 0.2) is 11.5 Å². The summed E-state index contributed by atoms with van der Waals surface area (Å²) in [5, 5.41) is 5.49. The first-order valence-corrected chi connectivity index (χ1v) is 13.7. The van der Waals surface area contributed by atoms with E-state index in [1.165, 1.54) is 0 Å². The molecule has 0 aromatic heterocycles. The third-order valence-corrected chi connectivity index (χ3v) is 6.94. The van der Waals surface area contributed by atoms with Gasteiger partial charge in [0, 0.05) is 26.3 Å². The molecule has 0 unspecified atom stereocenters. The van der Waals surface area contributed by atoms with Gasteiger partial charge in [-0.3, -0.25) is 4.79 Å². The first-order valence-electron chi connectivity index (χ1n) is 11.9. The molecule has 1 amide bonds. The minimum absolute atomic E-state index is 0.287. The Morgan fingerprint density at radius 3 is 2.39 bits per heavy atom. The molecule has 0 spiro atoms. The Balaban J connectivity index is 1.31. The number of benzene rings is 4. The average molecular weight is 566 g/mol. The third-order valence-electron chi connectivity index (χ3n) is 5.37. The molecular formula is C30H26Cl2N2O3S. The second-order valence-corrected chi connectivity index (χ2v) is 10.1. The van der Waals surface area contributed by atoms with Crippen molar-refractivity contribution in [3.05, 3.63) is 123 Å². The summed E-state index contributed by atoms with van der Waals surface area (Å²) in [6, 6.07) is 28.2. The van der Waals surface area contributed by atoms with Crippen molar-refractivity contribution in [2.75, 3.05) is 6.61 Å². The van der Waals surface area contributed by atoms with Gasteiger partial charge in [0.25, 0.3) is 5.91 Å². The summed E-state index contributed by atoms with van der Waals surface area (Å²) in [5.74, 6) is 1.71. The van der Waals surface area contributed by atoms with Crippen molar-refractivity contribution in [1.29, 1.82) is 0 Å². The predicted octanol–water partition coefficient (Wildman–Crippen LogP) is 8.03. The molecule has 0 radical (unpaired) electrons. The normalized spacial score (nSPS) is 10.9. The molecule has 0 saturated heterocycles. The van der Waals surface area contributed by atoms with Crippen LogP contribution in [-0.2, 0) is 12.4 Å². The van der Waals surface area contributed by atoms with Crippen LogP contribution in [0.5, 0.6) is 11.5 Å². The van der Waals surface area contributed by atoms with Crippen molar-refractivity contribution in [3.63, 3.8) is 0 Å². The van der Waals surface area contributed by atoms with Crippen molar-refractivity contribution in [3.8, 4) is 11.5 Å². The van der Waals surface area contributed by atoms with Crippen LogP contribution in [0.15, 0.2) is 101 Å². The zero-order chi connectivity index (χ0) is 26.7. The van der Waals surface area contributed by atoms with Gasteiger partial charge in [0.2, 0.25) is 0 Å². The lowest BCUT2D eigenvalue weighted by Gasteiger charge is -2.12. The van der Waals surface area contributed by atoms with Gasteiger partial charge in [-0.25, -0.2) is 5.43 Å². The smallest absolute Gasteiger partial charge is 0.271 e. The van der Waals surface area contributed by atoms with Crippen LogP contribution in [0.3, 0.4) is 0 Å². The molecule has 0 saturated carbocycles. The number of ether oxygens (including phenoxy) is 2. The van der Waals surface area contributed by atoms with E-state index in [4.69, 9.17) is 32.7 Å². The maximum absolute atomic E-state index is 12.5.